The highest BCUT2D eigenvalue weighted by atomic mass is 28.3. The third-order valence-electron chi connectivity index (χ3n) is 1.59. The highest BCUT2D eigenvalue weighted by Crippen LogP contribution is 2.16. The number of carbonyl (C=O) groups excluding carboxylic acids is 2. The normalized spacial score (nSPS) is 23.4. The summed E-state index contributed by atoms with van der Waals surface area (Å²) in [7, 11) is -1.09. The molecular weight excluding hydrogens is 176 g/mol. The van der Waals surface area contributed by atoms with Crippen LogP contribution < -0.4 is 0 Å². The standard InChI is InChI=1S/C7H12O4Si/c1-12(2)10-4-5-3-6(8)11-7(5)9/h5,12H,3-4H2,1-2H3. The molecule has 68 valence electrons. The summed E-state index contributed by atoms with van der Waals surface area (Å²) in [6, 6.07) is 0. The van der Waals surface area contributed by atoms with E-state index in [0.29, 0.717) is 6.61 Å². The maximum absolute atomic E-state index is 10.9. The third-order valence-corrected chi connectivity index (χ3v) is 2.45. The topological polar surface area (TPSA) is 52.6 Å². The molecule has 4 nitrogen and oxygen atoms in total. The first-order chi connectivity index (χ1) is 5.59. The van der Waals surface area contributed by atoms with Gasteiger partial charge in [-0.15, -0.1) is 0 Å². The Morgan fingerprint density at radius 2 is 2.25 bits per heavy atom. The fourth-order valence-corrected chi connectivity index (χ4v) is 1.57. The predicted octanol–water partition coefficient (Wildman–Crippen LogP) is 0.0761. The van der Waals surface area contributed by atoms with E-state index in [2.05, 4.69) is 4.74 Å². The van der Waals surface area contributed by atoms with E-state index in [4.69, 9.17) is 4.43 Å². The zero-order valence-corrected chi connectivity index (χ0v) is 8.36. The summed E-state index contributed by atoms with van der Waals surface area (Å²) in [6.07, 6.45) is 0.181. The van der Waals surface area contributed by atoms with Crippen LogP contribution in [0.2, 0.25) is 13.1 Å². The van der Waals surface area contributed by atoms with Crippen molar-refractivity contribution < 1.29 is 18.8 Å². The minimum absolute atomic E-state index is 0.181. The summed E-state index contributed by atoms with van der Waals surface area (Å²) in [5.74, 6) is -1.22. The first-order valence-electron chi connectivity index (χ1n) is 3.95. The van der Waals surface area contributed by atoms with Gasteiger partial charge in [-0.05, 0) is 13.1 Å². The Hall–Kier alpha value is -0.683. The summed E-state index contributed by atoms with van der Waals surface area (Å²) in [5, 5.41) is 0. The van der Waals surface area contributed by atoms with Gasteiger partial charge in [-0.3, -0.25) is 9.59 Å². The van der Waals surface area contributed by atoms with Crippen molar-refractivity contribution in [3.8, 4) is 0 Å². The third kappa shape index (κ3) is 2.42. The van der Waals surface area contributed by atoms with Gasteiger partial charge in [0.1, 0.15) is 0 Å². The van der Waals surface area contributed by atoms with Crippen molar-refractivity contribution in [2.75, 3.05) is 6.61 Å². The molecule has 0 saturated carbocycles. The minimum Gasteiger partial charge on any atom is -0.420 e. The van der Waals surface area contributed by atoms with Crippen LogP contribution in [0.5, 0.6) is 0 Å². The van der Waals surface area contributed by atoms with Crippen LogP contribution in [0, 0.1) is 5.92 Å². The summed E-state index contributed by atoms with van der Waals surface area (Å²) in [6.45, 7) is 4.37. The van der Waals surface area contributed by atoms with Crippen LogP contribution in [0.3, 0.4) is 0 Å². The van der Waals surface area contributed by atoms with Crippen LogP contribution in [0.1, 0.15) is 6.42 Å². The van der Waals surface area contributed by atoms with Gasteiger partial charge in [0.2, 0.25) is 0 Å². The van der Waals surface area contributed by atoms with Crippen LogP contribution in [0.4, 0.5) is 0 Å². The molecule has 0 bridgehead atoms. The van der Waals surface area contributed by atoms with E-state index >= 15 is 0 Å². The maximum Gasteiger partial charge on any atom is 0.319 e. The zero-order valence-electron chi connectivity index (χ0n) is 7.20. The van der Waals surface area contributed by atoms with E-state index in [0.717, 1.165) is 0 Å². The predicted molar refractivity (Wildman–Crippen MR) is 44.0 cm³/mol. The maximum atomic E-state index is 10.9. The second-order valence-electron chi connectivity index (χ2n) is 3.08. The molecule has 0 aliphatic carbocycles. The average molecular weight is 188 g/mol. The molecule has 0 aromatic heterocycles. The lowest BCUT2D eigenvalue weighted by atomic mass is 10.1. The summed E-state index contributed by atoms with van der Waals surface area (Å²) in [4.78, 5) is 21.5. The second kappa shape index (κ2) is 3.82. The largest absolute Gasteiger partial charge is 0.420 e. The zero-order chi connectivity index (χ0) is 9.14. The molecule has 1 fully saturated rings. The molecule has 0 N–H and O–H groups in total. The van der Waals surface area contributed by atoms with Gasteiger partial charge >= 0.3 is 11.9 Å². The van der Waals surface area contributed by atoms with E-state index in [1.54, 1.807) is 0 Å². The van der Waals surface area contributed by atoms with Crippen LogP contribution in [-0.4, -0.2) is 27.6 Å². The molecule has 5 heteroatoms. The molecule has 0 aromatic rings. The fraction of sp³-hybridized carbons (Fsp3) is 0.714. The van der Waals surface area contributed by atoms with Crippen molar-refractivity contribution in [1.29, 1.82) is 0 Å². The van der Waals surface area contributed by atoms with E-state index in [1.165, 1.54) is 0 Å². The van der Waals surface area contributed by atoms with Gasteiger partial charge in [0.15, 0.2) is 9.04 Å². The smallest absolute Gasteiger partial charge is 0.319 e. The van der Waals surface area contributed by atoms with Crippen LogP contribution >= 0.6 is 0 Å². The Labute approximate surface area is 72.6 Å². The van der Waals surface area contributed by atoms with Gasteiger partial charge in [-0.25, -0.2) is 0 Å². The molecule has 1 unspecified atom stereocenters. The Morgan fingerprint density at radius 1 is 1.58 bits per heavy atom. The molecule has 0 radical (unpaired) electrons. The lowest BCUT2D eigenvalue weighted by Gasteiger charge is -2.08. The van der Waals surface area contributed by atoms with Gasteiger partial charge < -0.3 is 9.16 Å². The quantitative estimate of drug-likeness (QED) is 0.357. The second-order valence-corrected chi connectivity index (χ2v) is 5.51. The molecule has 1 heterocycles. The van der Waals surface area contributed by atoms with Crippen molar-refractivity contribution >= 4 is 21.0 Å². The molecular formula is C7H12O4Si. The lowest BCUT2D eigenvalue weighted by Crippen LogP contribution is -2.19. The summed E-state index contributed by atoms with van der Waals surface area (Å²) in [5.41, 5.74) is 0. The van der Waals surface area contributed by atoms with Gasteiger partial charge in [0.25, 0.3) is 0 Å². The molecule has 12 heavy (non-hydrogen) atoms. The number of esters is 2. The number of carbonyl (C=O) groups is 2. The molecule has 1 saturated heterocycles. The minimum atomic E-state index is -1.09. The Morgan fingerprint density at radius 3 is 2.67 bits per heavy atom. The van der Waals surface area contributed by atoms with E-state index < -0.39 is 21.0 Å². The van der Waals surface area contributed by atoms with Crippen LogP contribution in [0.15, 0.2) is 0 Å². The van der Waals surface area contributed by atoms with Gasteiger partial charge in [-0.2, -0.15) is 0 Å². The fourth-order valence-electron chi connectivity index (χ4n) is 0.957. The molecule has 1 atom stereocenters. The van der Waals surface area contributed by atoms with Crippen molar-refractivity contribution in [2.24, 2.45) is 5.92 Å². The van der Waals surface area contributed by atoms with Crippen molar-refractivity contribution in [3.63, 3.8) is 0 Å². The molecule has 1 rings (SSSR count). The highest BCUT2D eigenvalue weighted by molar-refractivity contribution is 6.48. The number of cyclic esters (lactones) is 2. The average Bonchev–Trinajstić information content (AvgIpc) is 2.26. The number of hydrogen-bond donors (Lipinski definition) is 0. The van der Waals surface area contributed by atoms with Crippen molar-refractivity contribution in [3.05, 3.63) is 0 Å². The Kier molecular flexibility index (Phi) is 2.99. The van der Waals surface area contributed by atoms with E-state index in [9.17, 15) is 9.59 Å². The van der Waals surface area contributed by atoms with Crippen molar-refractivity contribution in [1.82, 2.24) is 0 Å². The monoisotopic (exact) mass is 188 g/mol. The highest BCUT2D eigenvalue weighted by Gasteiger charge is 2.33. The van der Waals surface area contributed by atoms with E-state index in [1.807, 2.05) is 13.1 Å². The molecule has 1 aliphatic rings. The Balaban J connectivity index is 2.33. The molecule has 0 amide bonds. The van der Waals surface area contributed by atoms with Crippen LogP contribution in [-0.2, 0) is 18.8 Å². The number of ether oxygens (including phenoxy) is 1. The Bertz CT molecular complexity index is 202. The lowest BCUT2D eigenvalue weighted by molar-refractivity contribution is -0.153. The SMILES string of the molecule is C[SiH](C)OCC1CC(=O)OC1=O. The summed E-state index contributed by atoms with van der Waals surface area (Å²) < 4.78 is 9.69. The van der Waals surface area contributed by atoms with E-state index in [-0.39, 0.29) is 12.3 Å². The number of hydrogen-bond acceptors (Lipinski definition) is 4. The molecule has 1 aliphatic heterocycles. The first-order valence-corrected chi connectivity index (χ1v) is 6.74. The molecule has 0 spiro atoms. The van der Waals surface area contributed by atoms with Gasteiger partial charge in [0.05, 0.1) is 12.3 Å². The van der Waals surface area contributed by atoms with Crippen molar-refractivity contribution in [2.45, 2.75) is 19.5 Å². The number of rotatable bonds is 3. The summed E-state index contributed by atoms with van der Waals surface area (Å²) >= 11 is 0. The van der Waals surface area contributed by atoms with Gasteiger partial charge in [-0.1, -0.05) is 0 Å². The van der Waals surface area contributed by atoms with Crippen LogP contribution in [0.25, 0.3) is 0 Å². The molecule has 0 aromatic carbocycles. The first kappa shape index (κ1) is 9.41. The van der Waals surface area contributed by atoms with Gasteiger partial charge in [0, 0.05) is 6.61 Å².